The normalized spacial score (nSPS) is 19.1. The van der Waals surface area contributed by atoms with Crippen molar-refractivity contribution in [3.05, 3.63) is 95.2 Å². The van der Waals surface area contributed by atoms with Gasteiger partial charge in [-0.2, -0.15) is 0 Å². The third-order valence-electron chi connectivity index (χ3n) is 6.85. The summed E-state index contributed by atoms with van der Waals surface area (Å²) in [5, 5.41) is 10.2. The highest BCUT2D eigenvalue weighted by Crippen LogP contribution is 2.45. The van der Waals surface area contributed by atoms with Gasteiger partial charge in [0.05, 0.1) is 18.4 Å². The molecule has 1 fully saturated rings. The molecule has 0 aliphatic carbocycles. The maximum absolute atomic E-state index is 13.8. The summed E-state index contributed by atoms with van der Waals surface area (Å²) in [4.78, 5) is 44.9. The number of carbonyl (C=O) groups excluding carboxylic acids is 2. The number of ether oxygens (including phenoxy) is 1. The topological polar surface area (TPSA) is 103 Å². The molecule has 0 spiro atoms. The molecule has 0 unspecified atom stereocenters. The van der Waals surface area contributed by atoms with Crippen molar-refractivity contribution in [1.29, 1.82) is 0 Å². The van der Waals surface area contributed by atoms with Gasteiger partial charge in [0.1, 0.15) is 17.8 Å². The van der Waals surface area contributed by atoms with Crippen molar-refractivity contribution in [3.8, 4) is 5.75 Å². The molecule has 4 aromatic rings. The molecule has 1 aromatic heterocycles. The van der Waals surface area contributed by atoms with E-state index in [2.05, 4.69) is 4.98 Å². The maximum atomic E-state index is 13.8. The summed E-state index contributed by atoms with van der Waals surface area (Å²) in [6, 6.07) is 19.6. The highest BCUT2D eigenvalue weighted by atomic mass is 16.5. The van der Waals surface area contributed by atoms with Crippen molar-refractivity contribution in [2.75, 3.05) is 12.0 Å². The molecule has 6 rings (SSSR count). The van der Waals surface area contributed by atoms with Crippen molar-refractivity contribution in [3.63, 3.8) is 0 Å². The number of aromatic nitrogens is 1. The average molecular weight is 467 g/mol. The number of H-pyrrole nitrogens is 1. The first kappa shape index (κ1) is 21.0. The maximum Gasteiger partial charge on any atom is 0.335 e. The smallest absolute Gasteiger partial charge is 0.335 e. The summed E-state index contributed by atoms with van der Waals surface area (Å²) >= 11 is 0. The number of nitrogens with one attached hydrogen (secondary N) is 1. The summed E-state index contributed by atoms with van der Waals surface area (Å²) in [5.41, 5.74) is 4.15. The van der Waals surface area contributed by atoms with E-state index in [0.29, 0.717) is 17.9 Å². The van der Waals surface area contributed by atoms with Gasteiger partial charge in [0, 0.05) is 23.0 Å². The number of aromatic amines is 1. The van der Waals surface area contributed by atoms with E-state index in [-0.39, 0.29) is 11.5 Å². The second kappa shape index (κ2) is 7.73. The van der Waals surface area contributed by atoms with Crippen LogP contribution in [-0.2, 0) is 11.2 Å². The first-order valence-corrected chi connectivity index (χ1v) is 11.2. The number of rotatable bonds is 4. The Balaban J connectivity index is 1.49. The number of methoxy groups -OCH3 is 1. The van der Waals surface area contributed by atoms with Gasteiger partial charge in [-0.05, 0) is 53.6 Å². The van der Waals surface area contributed by atoms with E-state index in [0.717, 1.165) is 32.6 Å². The molecule has 8 heteroatoms. The molecule has 3 amide bonds. The first-order chi connectivity index (χ1) is 17.0. The molecule has 0 bridgehead atoms. The van der Waals surface area contributed by atoms with Crippen LogP contribution in [0.15, 0.2) is 72.8 Å². The van der Waals surface area contributed by atoms with Crippen LogP contribution in [0.2, 0.25) is 0 Å². The summed E-state index contributed by atoms with van der Waals surface area (Å²) < 4.78 is 5.31. The number of benzene rings is 3. The monoisotopic (exact) mass is 467 g/mol. The number of para-hydroxylation sites is 1. The van der Waals surface area contributed by atoms with Crippen molar-refractivity contribution < 1.29 is 24.2 Å². The van der Waals surface area contributed by atoms with E-state index >= 15 is 0 Å². The lowest BCUT2D eigenvalue weighted by atomic mass is 9.89. The zero-order valence-corrected chi connectivity index (χ0v) is 18.8. The second-order valence-corrected chi connectivity index (χ2v) is 8.67. The van der Waals surface area contributed by atoms with Crippen molar-refractivity contribution >= 4 is 34.5 Å². The number of carbonyl (C=O) groups is 3. The zero-order valence-electron chi connectivity index (χ0n) is 18.8. The molecule has 2 aliphatic heterocycles. The third-order valence-corrected chi connectivity index (χ3v) is 6.85. The lowest BCUT2D eigenvalue weighted by Gasteiger charge is -2.36. The Labute approximate surface area is 200 Å². The third kappa shape index (κ3) is 3.10. The van der Waals surface area contributed by atoms with Crippen LogP contribution in [0.1, 0.15) is 33.2 Å². The van der Waals surface area contributed by atoms with Crippen LogP contribution < -0.4 is 9.64 Å². The minimum atomic E-state index is -1.07. The molecule has 1 saturated heterocycles. The van der Waals surface area contributed by atoms with E-state index in [4.69, 9.17) is 4.74 Å². The zero-order chi connectivity index (χ0) is 24.3. The fraction of sp³-hybridized carbons (Fsp3) is 0.148. The Morgan fingerprint density at radius 2 is 1.71 bits per heavy atom. The van der Waals surface area contributed by atoms with E-state index in [9.17, 15) is 19.5 Å². The van der Waals surface area contributed by atoms with E-state index in [1.54, 1.807) is 12.0 Å². The highest BCUT2D eigenvalue weighted by molar-refractivity contribution is 6.22. The summed E-state index contributed by atoms with van der Waals surface area (Å²) in [5.74, 6) is -0.701. The quantitative estimate of drug-likeness (QED) is 0.434. The summed E-state index contributed by atoms with van der Waals surface area (Å²) in [7, 11) is 1.59. The molecular weight excluding hydrogens is 446 g/mol. The van der Waals surface area contributed by atoms with Gasteiger partial charge < -0.3 is 14.8 Å². The second-order valence-electron chi connectivity index (χ2n) is 8.67. The fourth-order valence-electron chi connectivity index (χ4n) is 5.20. The lowest BCUT2D eigenvalue weighted by molar-refractivity contribution is -0.120. The number of nitrogens with zero attached hydrogens (tertiary/aromatic N) is 2. The van der Waals surface area contributed by atoms with Gasteiger partial charge in [-0.1, -0.05) is 30.3 Å². The van der Waals surface area contributed by atoms with E-state index in [1.807, 2.05) is 48.5 Å². The Morgan fingerprint density at radius 3 is 2.40 bits per heavy atom. The highest BCUT2D eigenvalue weighted by Gasteiger charge is 2.53. The average Bonchev–Trinajstić information content (AvgIpc) is 3.37. The van der Waals surface area contributed by atoms with Crippen LogP contribution in [0, 0.1) is 0 Å². The Morgan fingerprint density at radius 1 is 1.00 bits per heavy atom. The van der Waals surface area contributed by atoms with Crippen LogP contribution in [0.25, 0.3) is 10.9 Å². The number of urea groups is 1. The number of carboxylic acid groups (broad SMARTS) is 1. The molecule has 174 valence electrons. The van der Waals surface area contributed by atoms with Crippen LogP contribution in [-0.4, -0.2) is 46.0 Å². The number of hydrogen-bond donors (Lipinski definition) is 2. The van der Waals surface area contributed by atoms with Gasteiger partial charge >= 0.3 is 12.0 Å². The predicted molar refractivity (Wildman–Crippen MR) is 129 cm³/mol. The van der Waals surface area contributed by atoms with E-state index < -0.39 is 24.1 Å². The molecule has 35 heavy (non-hydrogen) atoms. The number of fused-ring (bicyclic) bond motifs is 4. The number of carboxylic acids is 1. The van der Waals surface area contributed by atoms with Crippen molar-refractivity contribution in [2.45, 2.75) is 18.5 Å². The summed E-state index contributed by atoms with van der Waals surface area (Å²) in [6.07, 6.45) is 0.389. The van der Waals surface area contributed by atoms with Gasteiger partial charge in [0.15, 0.2) is 0 Å². The Kier molecular flexibility index (Phi) is 4.63. The van der Waals surface area contributed by atoms with Crippen LogP contribution >= 0.6 is 0 Å². The first-order valence-electron chi connectivity index (χ1n) is 11.2. The lowest BCUT2D eigenvalue weighted by Crippen LogP contribution is -2.44. The molecule has 0 radical (unpaired) electrons. The molecule has 8 nitrogen and oxygen atoms in total. The van der Waals surface area contributed by atoms with E-state index in [1.165, 1.54) is 24.3 Å². The molecule has 2 aliphatic rings. The van der Waals surface area contributed by atoms with Crippen molar-refractivity contribution in [1.82, 2.24) is 9.88 Å². The van der Waals surface area contributed by atoms with Gasteiger partial charge in [0.2, 0.25) is 0 Å². The van der Waals surface area contributed by atoms with Crippen molar-refractivity contribution in [2.24, 2.45) is 0 Å². The molecular formula is C27H21N3O5. The molecule has 2 N–H and O–H groups in total. The van der Waals surface area contributed by atoms with Crippen LogP contribution in [0.4, 0.5) is 10.5 Å². The SMILES string of the molecule is COc1ccc([C@@H]2c3[nH]c4ccccc4c3C[C@H]3C(=O)N(c4ccc(C(=O)O)cc4)C(=O)N23)cc1. The standard InChI is InChI=1S/C27H21N3O5/c1-35-18-12-8-15(9-13-18)24-23-20(19-4-2-3-5-21(19)28-23)14-22-25(31)29(27(34)30(22)24)17-10-6-16(7-11-17)26(32)33/h2-13,22,24,28H,14H2,1H3,(H,32,33)/t22-,24+/m0/s1. The van der Waals surface area contributed by atoms with Crippen LogP contribution in [0.3, 0.4) is 0 Å². The number of aromatic carboxylic acids is 1. The minimum absolute atomic E-state index is 0.0862. The minimum Gasteiger partial charge on any atom is -0.497 e. The molecule has 0 saturated carbocycles. The Hall–Kier alpha value is -4.59. The van der Waals surface area contributed by atoms with Gasteiger partial charge in [-0.25, -0.2) is 14.5 Å². The molecule has 2 atom stereocenters. The predicted octanol–water partition coefficient (Wildman–Crippen LogP) is 4.36. The summed E-state index contributed by atoms with van der Waals surface area (Å²) in [6.45, 7) is 0. The van der Waals surface area contributed by atoms with Crippen LogP contribution in [0.5, 0.6) is 5.75 Å². The van der Waals surface area contributed by atoms with Gasteiger partial charge in [-0.15, -0.1) is 0 Å². The number of amides is 3. The molecule has 3 heterocycles. The number of imide groups is 1. The Bertz CT molecular complexity index is 1490. The number of anilines is 1. The number of hydrogen-bond acceptors (Lipinski definition) is 4. The van der Waals surface area contributed by atoms with Gasteiger partial charge in [-0.3, -0.25) is 9.69 Å². The fourth-order valence-corrected chi connectivity index (χ4v) is 5.20. The van der Waals surface area contributed by atoms with Gasteiger partial charge in [0.25, 0.3) is 5.91 Å². The largest absolute Gasteiger partial charge is 0.497 e. The molecule has 3 aromatic carbocycles.